The van der Waals surface area contributed by atoms with Gasteiger partial charge in [-0.15, -0.1) is 0 Å². The fourth-order valence-corrected chi connectivity index (χ4v) is 2.63. The fraction of sp³-hybridized carbons (Fsp3) is 0.632. The third kappa shape index (κ3) is 7.60. The van der Waals surface area contributed by atoms with Crippen LogP contribution >= 0.6 is 0 Å². The average molecular weight is 324 g/mol. The number of nitrogens with one attached hydrogen (secondary N) is 1. The highest BCUT2D eigenvalue weighted by molar-refractivity contribution is 5.79. The van der Waals surface area contributed by atoms with E-state index in [4.69, 9.17) is 0 Å². The lowest BCUT2D eigenvalue weighted by Gasteiger charge is -2.34. The molecule has 1 aromatic carbocycles. The van der Waals surface area contributed by atoms with Gasteiger partial charge in [0.05, 0.1) is 6.42 Å². The topological polar surface area (TPSA) is 32.3 Å². The monoisotopic (exact) mass is 324 g/mol. The van der Waals surface area contributed by atoms with Gasteiger partial charge in [-0.25, -0.2) is 4.39 Å². The molecule has 132 valence electrons. The second-order valence-electron chi connectivity index (χ2n) is 4.96. The van der Waals surface area contributed by atoms with Crippen molar-refractivity contribution in [2.75, 3.05) is 19.6 Å². The number of carbonyl (C=O) groups excluding carboxylic acids is 1. The molecule has 0 radical (unpaired) electrons. The van der Waals surface area contributed by atoms with Crippen molar-refractivity contribution in [1.29, 1.82) is 0 Å². The van der Waals surface area contributed by atoms with Crippen LogP contribution in [0.4, 0.5) is 4.39 Å². The Morgan fingerprint density at radius 1 is 1.13 bits per heavy atom. The zero-order valence-corrected chi connectivity index (χ0v) is 15.4. The van der Waals surface area contributed by atoms with Gasteiger partial charge in [0.25, 0.3) is 0 Å². The summed E-state index contributed by atoms with van der Waals surface area (Å²) in [5.74, 6) is -0.122. The first kappa shape index (κ1) is 21.6. The van der Waals surface area contributed by atoms with Crippen LogP contribution in [0.3, 0.4) is 0 Å². The zero-order chi connectivity index (χ0) is 17.7. The van der Waals surface area contributed by atoms with Crippen LogP contribution in [-0.2, 0) is 11.2 Å². The van der Waals surface area contributed by atoms with Gasteiger partial charge in [0.2, 0.25) is 5.91 Å². The Hall–Kier alpha value is -1.42. The van der Waals surface area contributed by atoms with E-state index in [1.807, 2.05) is 39.5 Å². The van der Waals surface area contributed by atoms with Crippen LogP contribution < -0.4 is 5.32 Å². The largest absolute Gasteiger partial charge is 0.340 e. The van der Waals surface area contributed by atoms with Gasteiger partial charge in [0.1, 0.15) is 5.82 Å². The molecule has 1 amide bonds. The molecular formula is C19H33FN2O. The van der Waals surface area contributed by atoms with Gasteiger partial charge >= 0.3 is 0 Å². The van der Waals surface area contributed by atoms with Crippen LogP contribution in [0.1, 0.15) is 53.0 Å². The summed E-state index contributed by atoms with van der Waals surface area (Å²) in [7, 11) is 0. The third-order valence-electron chi connectivity index (χ3n) is 3.68. The maximum Gasteiger partial charge on any atom is 0.227 e. The van der Waals surface area contributed by atoms with Crippen molar-refractivity contribution in [3.8, 4) is 0 Å². The number of hydrogen-bond acceptors (Lipinski definition) is 2. The smallest absolute Gasteiger partial charge is 0.227 e. The number of amides is 1. The van der Waals surface area contributed by atoms with Crippen LogP contribution in [0.5, 0.6) is 0 Å². The second kappa shape index (κ2) is 13.1. The number of benzene rings is 1. The molecule has 1 saturated heterocycles. The van der Waals surface area contributed by atoms with E-state index in [2.05, 4.69) is 5.32 Å². The number of hydrogen-bond donors (Lipinski definition) is 1. The van der Waals surface area contributed by atoms with Gasteiger partial charge in [-0.05, 0) is 50.6 Å². The van der Waals surface area contributed by atoms with Crippen molar-refractivity contribution < 1.29 is 9.18 Å². The van der Waals surface area contributed by atoms with E-state index in [1.54, 1.807) is 12.1 Å². The molecule has 0 bridgehead atoms. The van der Waals surface area contributed by atoms with Gasteiger partial charge in [-0.3, -0.25) is 4.79 Å². The molecule has 1 heterocycles. The Labute approximate surface area is 141 Å². The summed E-state index contributed by atoms with van der Waals surface area (Å²) >= 11 is 0. The summed E-state index contributed by atoms with van der Waals surface area (Å²) in [4.78, 5) is 14.3. The highest BCUT2D eigenvalue weighted by atomic mass is 19.1. The number of nitrogens with zero attached hydrogens (tertiary/aromatic N) is 1. The van der Waals surface area contributed by atoms with Crippen LogP contribution in [0.2, 0.25) is 0 Å². The quantitative estimate of drug-likeness (QED) is 0.907. The van der Waals surface area contributed by atoms with Crippen molar-refractivity contribution >= 4 is 5.91 Å². The lowest BCUT2D eigenvalue weighted by atomic mass is 10.0. The standard InChI is InChI=1S/C15H21FN2O.2C2H6/c1-2-18(14-7-9-17-10-8-14)15(19)11-12-3-5-13(16)6-4-12;2*1-2/h3-6,14,17H,2,7-11H2,1H3;2*1-2H3. The minimum atomic E-state index is -0.262. The van der Waals surface area contributed by atoms with Gasteiger partial charge < -0.3 is 10.2 Å². The SMILES string of the molecule is CC.CC.CCN(C(=O)Cc1ccc(F)cc1)C1CCNCC1. The van der Waals surface area contributed by atoms with Gasteiger partial charge in [-0.1, -0.05) is 39.8 Å². The Balaban J connectivity index is 0.00000112. The van der Waals surface area contributed by atoms with Crippen molar-refractivity contribution in [2.45, 2.75) is 59.9 Å². The maximum absolute atomic E-state index is 12.8. The molecule has 0 spiro atoms. The molecule has 0 atom stereocenters. The Bertz CT molecular complexity index is 414. The van der Waals surface area contributed by atoms with E-state index in [9.17, 15) is 9.18 Å². The molecule has 4 heteroatoms. The van der Waals surface area contributed by atoms with Crippen LogP contribution in [0.25, 0.3) is 0 Å². The summed E-state index contributed by atoms with van der Waals surface area (Å²) in [5.41, 5.74) is 0.874. The molecule has 23 heavy (non-hydrogen) atoms. The molecule has 3 nitrogen and oxygen atoms in total. The summed E-state index contributed by atoms with van der Waals surface area (Å²) in [6.45, 7) is 12.7. The molecule has 1 aliphatic heterocycles. The van der Waals surface area contributed by atoms with E-state index < -0.39 is 0 Å². The van der Waals surface area contributed by atoms with Crippen LogP contribution in [0, 0.1) is 5.82 Å². The lowest BCUT2D eigenvalue weighted by Crippen LogP contribution is -2.46. The highest BCUT2D eigenvalue weighted by Gasteiger charge is 2.23. The number of rotatable bonds is 4. The van der Waals surface area contributed by atoms with Gasteiger partial charge in [0.15, 0.2) is 0 Å². The van der Waals surface area contributed by atoms with Crippen molar-refractivity contribution in [3.05, 3.63) is 35.6 Å². The molecule has 1 N–H and O–H groups in total. The summed E-state index contributed by atoms with van der Waals surface area (Å²) < 4.78 is 12.8. The highest BCUT2D eigenvalue weighted by Crippen LogP contribution is 2.14. The maximum atomic E-state index is 12.8. The predicted octanol–water partition coefficient (Wildman–Crippen LogP) is 4.02. The van der Waals surface area contributed by atoms with Crippen molar-refractivity contribution in [1.82, 2.24) is 10.2 Å². The Morgan fingerprint density at radius 2 is 1.65 bits per heavy atom. The van der Waals surface area contributed by atoms with Gasteiger partial charge in [-0.2, -0.15) is 0 Å². The first-order valence-electron chi connectivity index (χ1n) is 8.95. The number of carbonyl (C=O) groups is 1. The van der Waals surface area contributed by atoms with Crippen LogP contribution in [0.15, 0.2) is 24.3 Å². The van der Waals surface area contributed by atoms with E-state index in [0.717, 1.165) is 38.0 Å². The third-order valence-corrected chi connectivity index (χ3v) is 3.68. The summed E-state index contributed by atoms with van der Waals surface area (Å²) in [6, 6.07) is 6.53. The molecular weight excluding hydrogens is 291 g/mol. The van der Waals surface area contributed by atoms with E-state index in [0.29, 0.717) is 12.5 Å². The molecule has 2 rings (SSSR count). The van der Waals surface area contributed by atoms with Gasteiger partial charge in [0, 0.05) is 12.6 Å². The first-order chi connectivity index (χ1) is 11.2. The number of likely N-dealkylation sites (N-methyl/N-ethyl adjacent to an activating group) is 1. The minimum absolute atomic E-state index is 0.140. The number of piperidine rings is 1. The van der Waals surface area contributed by atoms with Crippen LogP contribution in [-0.4, -0.2) is 36.5 Å². The average Bonchev–Trinajstić information content (AvgIpc) is 2.62. The molecule has 1 fully saturated rings. The van der Waals surface area contributed by atoms with E-state index in [-0.39, 0.29) is 11.7 Å². The predicted molar refractivity (Wildman–Crippen MR) is 96.1 cm³/mol. The molecule has 1 aliphatic rings. The molecule has 0 aromatic heterocycles. The fourth-order valence-electron chi connectivity index (χ4n) is 2.63. The Kier molecular flexibility index (Phi) is 12.3. The first-order valence-corrected chi connectivity index (χ1v) is 8.95. The van der Waals surface area contributed by atoms with Crippen molar-refractivity contribution in [2.24, 2.45) is 0 Å². The lowest BCUT2D eigenvalue weighted by molar-refractivity contribution is -0.133. The Morgan fingerprint density at radius 3 is 2.13 bits per heavy atom. The normalized spacial score (nSPS) is 14.0. The molecule has 1 aromatic rings. The minimum Gasteiger partial charge on any atom is -0.340 e. The molecule has 0 unspecified atom stereocenters. The summed E-state index contributed by atoms with van der Waals surface area (Å²) in [6.07, 6.45) is 2.39. The summed E-state index contributed by atoms with van der Waals surface area (Å²) in [5, 5.41) is 3.31. The second-order valence-corrected chi connectivity index (χ2v) is 4.96. The van der Waals surface area contributed by atoms with E-state index >= 15 is 0 Å². The molecule has 0 aliphatic carbocycles. The van der Waals surface area contributed by atoms with Crippen molar-refractivity contribution in [3.63, 3.8) is 0 Å². The molecule has 0 saturated carbocycles. The number of halogens is 1. The zero-order valence-electron chi connectivity index (χ0n) is 15.4. The van der Waals surface area contributed by atoms with E-state index in [1.165, 1.54) is 12.1 Å².